The molecule has 22 heavy (non-hydrogen) atoms. The van der Waals surface area contributed by atoms with Crippen LogP contribution in [0.3, 0.4) is 0 Å². The highest BCUT2D eigenvalue weighted by atomic mass is 35.5. The van der Waals surface area contributed by atoms with Crippen molar-refractivity contribution in [3.63, 3.8) is 0 Å². The summed E-state index contributed by atoms with van der Waals surface area (Å²) >= 11 is 6.35. The Morgan fingerprint density at radius 1 is 0.818 bits per heavy atom. The zero-order valence-electron chi connectivity index (χ0n) is 12.4. The Bertz CT molecular complexity index is 766. The van der Waals surface area contributed by atoms with Crippen molar-refractivity contribution in [3.8, 4) is 16.9 Å². The lowest BCUT2D eigenvalue weighted by molar-refractivity contribution is 0.414. The predicted molar refractivity (Wildman–Crippen MR) is 92.7 cm³/mol. The van der Waals surface area contributed by atoms with Crippen molar-refractivity contribution in [2.24, 2.45) is 0 Å². The summed E-state index contributed by atoms with van der Waals surface area (Å²) in [5.74, 6) is 0.830. The van der Waals surface area contributed by atoms with E-state index in [-0.39, 0.29) is 0 Å². The van der Waals surface area contributed by atoms with E-state index in [0.717, 1.165) is 22.8 Å². The van der Waals surface area contributed by atoms with Crippen LogP contribution in [0.2, 0.25) is 5.02 Å². The van der Waals surface area contributed by atoms with Crippen LogP contribution < -0.4 is 4.74 Å². The van der Waals surface area contributed by atoms with Crippen molar-refractivity contribution in [3.05, 3.63) is 88.9 Å². The van der Waals surface area contributed by atoms with Gasteiger partial charge in [-0.3, -0.25) is 0 Å². The molecule has 3 aromatic carbocycles. The first-order valence-electron chi connectivity index (χ1n) is 7.23. The van der Waals surface area contributed by atoms with Gasteiger partial charge in [0.1, 0.15) is 5.75 Å². The van der Waals surface area contributed by atoms with Crippen LogP contribution in [0.5, 0.6) is 5.75 Å². The smallest absolute Gasteiger partial charge is 0.119 e. The molecule has 0 radical (unpaired) electrons. The van der Waals surface area contributed by atoms with Crippen molar-refractivity contribution < 1.29 is 4.74 Å². The summed E-state index contributed by atoms with van der Waals surface area (Å²) < 4.78 is 5.30. The van der Waals surface area contributed by atoms with Gasteiger partial charge in [-0.05, 0) is 46.9 Å². The standard InChI is InChI=1S/C20H17ClO/c1-22-18-11-12-20(21)17(14-18)13-16-9-5-6-10-19(16)15-7-3-2-4-8-15/h2-12,14H,13H2,1H3. The van der Waals surface area contributed by atoms with Gasteiger partial charge in [0, 0.05) is 5.02 Å². The summed E-state index contributed by atoms with van der Waals surface area (Å²) in [4.78, 5) is 0. The van der Waals surface area contributed by atoms with E-state index in [1.54, 1.807) is 7.11 Å². The van der Waals surface area contributed by atoms with Crippen molar-refractivity contribution in [2.45, 2.75) is 6.42 Å². The van der Waals surface area contributed by atoms with Crippen LogP contribution in [0.25, 0.3) is 11.1 Å². The van der Waals surface area contributed by atoms with E-state index >= 15 is 0 Å². The lowest BCUT2D eigenvalue weighted by Gasteiger charge is -2.12. The molecule has 0 fully saturated rings. The molecule has 0 heterocycles. The molecule has 110 valence electrons. The molecule has 0 amide bonds. The molecule has 0 saturated carbocycles. The van der Waals surface area contributed by atoms with E-state index in [2.05, 4.69) is 48.5 Å². The second-order valence-corrected chi connectivity index (χ2v) is 5.56. The molecule has 1 nitrogen and oxygen atoms in total. The van der Waals surface area contributed by atoms with Gasteiger partial charge < -0.3 is 4.74 Å². The molecule has 0 aliphatic carbocycles. The van der Waals surface area contributed by atoms with Crippen molar-refractivity contribution in [2.75, 3.05) is 7.11 Å². The quantitative estimate of drug-likeness (QED) is 0.609. The fourth-order valence-electron chi connectivity index (χ4n) is 2.59. The summed E-state index contributed by atoms with van der Waals surface area (Å²) in [7, 11) is 1.67. The summed E-state index contributed by atoms with van der Waals surface area (Å²) in [5.41, 5.74) is 4.78. The van der Waals surface area contributed by atoms with E-state index in [4.69, 9.17) is 16.3 Å². The number of methoxy groups -OCH3 is 1. The summed E-state index contributed by atoms with van der Waals surface area (Å²) in [6.07, 6.45) is 0.779. The summed E-state index contributed by atoms with van der Waals surface area (Å²) in [6.45, 7) is 0. The number of halogens is 1. The zero-order chi connectivity index (χ0) is 15.4. The summed E-state index contributed by atoms with van der Waals surface area (Å²) in [5, 5.41) is 0.767. The Hall–Kier alpha value is -2.25. The Balaban J connectivity index is 2.00. The van der Waals surface area contributed by atoms with Gasteiger partial charge in [-0.15, -0.1) is 0 Å². The average molecular weight is 309 g/mol. The Labute approximate surface area is 136 Å². The molecule has 0 bridgehead atoms. The Morgan fingerprint density at radius 3 is 2.32 bits per heavy atom. The molecular formula is C20H17ClO. The molecule has 2 heteroatoms. The minimum absolute atomic E-state index is 0.767. The van der Waals surface area contributed by atoms with Gasteiger partial charge in [0.05, 0.1) is 7.11 Å². The SMILES string of the molecule is COc1ccc(Cl)c(Cc2ccccc2-c2ccccc2)c1. The third kappa shape index (κ3) is 3.15. The van der Waals surface area contributed by atoms with E-state index in [1.807, 2.05) is 24.3 Å². The van der Waals surface area contributed by atoms with Gasteiger partial charge >= 0.3 is 0 Å². The maximum Gasteiger partial charge on any atom is 0.119 e. The molecule has 3 aromatic rings. The maximum atomic E-state index is 6.35. The Kier molecular flexibility index (Phi) is 4.45. The fourth-order valence-corrected chi connectivity index (χ4v) is 2.78. The zero-order valence-corrected chi connectivity index (χ0v) is 13.2. The van der Waals surface area contributed by atoms with Gasteiger partial charge in [0.15, 0.2) is 0 Å². The van der Waals surface area contributed by atoms with Crippen LogP contribution in [-0.2, 0) is 6.42 Å². The lowest BCUT2D eigenvalue weighted by Crippen LogP contribution is -1.94. The molecule has 0 spiro atoms. The molecule has 0 aromatic heterocycles. The van der Waals surface area contributed by atoms with Crippen LogP contribution in [0, 0.1) is 0 Å². The van der Waals surface area contributed by atoms with E-state index < -0.39 is 0 Å². The molecule has 0 N–H and O–H groups in total. The van der Waals surface area contributed by atoms with E-state index in [0.29, 0.717) is 0 Å². The largest absolute Gasteiger partial charge is 0.497 e. The number of ether oxygens (including phenoxy) is 1. The van der Waals surface area contributed by atoms with Gasteiger partial charge in [0.25, 0.3) is 0 Å². The summed E-state index contributed by atoms with van der Waals surface area (Å²) in [6, 6.07) is 24.6. The van der Waals surface area contributed by atoms with Gasteiger partial charge in [-0.1, -0.05) is 66.2 Å². The molecular weight excluding hydrogens is 292 g/mol. The van der Waals surface area contributed by atoms with Crippen LogP contribution in [0.4, 0.5) is 0 Å². The number of benzene rings is 3. The minimum Gasteiger partial charge on any atom is -0.497 e. The number of rotatable bonds is 4. The van der Waals surface area contributed by atoms with Crippen LogP contribution in [-0.4, -0.2) is 7.11 Å². The topological polar surface area (TPSA) is 9.23 Å². The highest BCUT2D eigenvalue weighted by Gasteiger charge is 2.08. The predicted octanol–water partition coefficient (Wildman–Crippen LogP) is 5.61. The minimum atomic E-state index is 0.767. The third-order valence-electron chi connectivity index (χ3n) is 3.74. The van der Waals surface area contributed by atoms with Crippen molar-refractivity contribution in [1.29, 1.82) is 0 Å². The Morgan fingerprint density at radius 2 is 1.55 bits per heavy atom. The highest BCUT2D eigenvalue weighted by Crippen LogP contribution is 2.29. The van der Waals surface area contributed by atoms with Crippen molar-refractivity contribution >= 4 is 11.6 Å². The molecule has 3 rings (SSSR count). The monoisotopic (exact) mass is 308 g/mol. The van der Waals surface area contributed by atoms with Crippen LogP contribution in [0.15, 0.2) is 72.8 Å². The van der Waals surface area contributed by atoms with Gasteiger partial charge in [-0.2, -0.15) is 0 Å². The first-order valence-corrected chi connectivity index (χ1v) is 7.61. The van der Waals surface area contributed by atoms with Crippen LogP contribution >= 0.6 is 11.6 Å². The molecule has 0 saturated heterocycles. The van der Waals surface area contributed by atoms with Gasteiger partial charge in [0.2, 0.25) is 0 Å². The van der Waals surface area contributed by atoms with Crippen molar-refractivity contribution in [1.82, 2.24) is 0 Å². The third-order valence-corrected chi connectivity index (χ3v) is 4.10. The molecule has 0 unspecified atom stereocenters. The highest BCUT2D eigenvalue weighted by molar-refractivity contribution is 6.31. The fraction of sp³-hybridized carbons (Fsp3) is 0.100. The first-order chi connectivity index (χ1) is 10.8. The molecule has 0 atom stereocenters. The van der Waals surface area contributed by atoms with E-state index in [9.17, 15) is 0 Å². The van der Waals surface area contributed by atoms with E-state index in [1.165, 1.54) is 16.7 Å². The second kappa shape index (κ2) is 6.67. The molecule has 0 aliphatic heterocycles. The van der Waals surface area contributed by atoms with Crippen LogP contribution in [0.1, 0.15) is 11.1 Å². The number of hydrogen-bond donors (Lipinski definition) is 0. The maximum absolute atomic E-state index is 6.35. The average Bonchev–Trinajstić information content (AvgIpc) is 2.58. The first kappa shape index (κ1) is 14.7. The normalized spacial score (nSPS) is 10.5. The molecule has 0 aliphatic rings. The second-order valence-electron chi connectivity index (χ2n) is 5.16. The van der Waals surface area contributed by atoms with Gasteiger partial charge in [-0.25, -0.2) is 0 Å². The number of hydrogen-bond acceptors (Lipinski definition) is 1. The lowest BCUT2D eigenvalue weighted by atomic mass is 9.95.